The van der Waals surface area contributed by atoms with E-state index in [-0.39, 0.29) is 11.5 Å². The number of ether oxygens (including phenoxy) is 3. The van der Waals surface area contributed by atoms with Crippen LogP contribution in [0.15, 0.2) is 17.0 Å². The highest BCUT2D eigenvalue weighted by molar-refractivity contribution is 8.18. The molecule has 1 fully saturated rings. The largest absolute Gasteiger partial charge is 0.493 e. The SMILES string of the molecule is CCCCOC(=O)CN1C(=O)S/C(=C\c2cc(Cl)c(OC)c(OC)c2)C1=O. The monoisotopic (exact) mass is 413 g/mol. The predicted octanol–water partition coefficient (Wildman–Crippen LogP) is 3.74. The van der Waals surface area contributed by atoms with Gasteiger partial charge in [0, 0.05) is 0 Å². The fourth-order valence-corrected chi connectivity index (χ4v) is 3.45. The van der Waals surface area contributed by atoms with Crippen molar-refractivity contribution in [1.82, 2.24) is 4.90 Å². The lowest BCUT2D eigenvalue weighted by Gasteiger charge is -2.12. The molecule has 2 amide bonds. The van der Waals surface area contributed by atoms with E-state index in [4.69, 9.17) is 25.8 Å². The minimum Gasteiger partial charge on any atom is -0.493 e. The maximum absolute atomic E-state index is 12.5. The molecule has 1 aliphatic heterocycles. The Kier molecular flexibility index (Phi) is 7.55. The summed E-state index contributed by atoms with van der Waals surface area (Å²) in [6.07, 6.45) is 3.13. The predicted molar refractivity (Wildman–Crippen MR) is 103 cm³/mol. The maximum Gasteiger partial charge on any atom is 0.326 e. The second kappa shape index (κ2) is 9.66. The van der Waals surface area contributed by atoms with E-state index in [1.807, 2.05) is 6.92 Å². The third-order valence-electron chi connectivity index (χ3n) is 3.68. The molecule has 27 heavy (non-hydrogen) atoms. The van der Waals surface area contributed by atoms with Gasteiger partial charge < -0.3 is 14.2 Å². The van der Waals surface area contributed by atoms with Crippen molar-refractivity contribution in [1.29, 1.82) is 0 Å². The molecule has 0 atom stereocenters. The number of halogens is 1. The molecular weight excluding hydrogens is 394 g/mol. The molecule has 2 rings (SSSR count). The van der Waals surface area contributed by atoms with Gasteiger partial charge in [0.1, 0.15) is 6.54 Å². The first-order chi connectivity index (χ1) is 12.9. The van der Waals surface area contributed by atoms with Gasteiger partial charge in [0.25, 0.3) is 11.1 Å². The van der Waals surface area contributed by atoms with Crippen molar-refractivity contribution >= 4 is 46.6 Å². The molecule has 0 aromatic heterocycles. The number of esters is 1. The molecule has 7 nitrogen and oxygen atoms in total. The summed E-state index contributed by atoms with van der Waals surface area (Å²) >= 11 is 6.91. The van der Waals surface area contributed by atoms with E-state index in [1.54, 1.807) is 12.1 Å². The van der Waals surface area contributed by atoms with Crippen LogP contribution in [0.2, 0.25) is 5.02 Å². The number of benzene rings is 1. The molecule has 1 aromatic rings. The molecule has 1 aromatic carbocycles. The van der Waals surface area contributed by atoms with E-state index in [0.29, 0.717) is 22.1 Å². The number of thioether (sulfide) groups is 1. The number of nitrogens with zero attached hydrogens (tertiary/aromatic N) is 1. The number of carbonyl (C=O) groups is 3. The van der Waals surface area contributed by atoms with Crippen molar-refractivity contribution in [3.8, 4) is 11.5 Å². The Labute approximate surface area is 166 Å². The molecule has 146 valence electrons. The molecule has 0 saturated carbocycles. The smallest absolute Gasteiger partial charge is 0.326 e. The van der Waals surface area contributed by atoms with E-state index in [0.717, 1.165) is 29.5 Å². The average molecular weight is 414 g/mol. The molecule has 1 saturated heterocycles. The van der Waals surface area contributed by atoms with E-state index < -0.39 is 23.7 Å². The van der Waals surface area contributed by atoms with Crippen LogP contribution in [-0.2, 0) is 14.3 Å². The molecular formula is C18H20ClNO6S. The summed E-state index contributed by atoms with van der Waals surface area (Å²) < 4.78 is 15.4. The van der Waals surface area contributed by atoms with Crippen molar-refractivity contribution in [3.05, 3.63) is 27.6 Å². The van der Waals surface area contributed by atoms with Crippen LogP contribution in [0.4, 0.5) is 4.79 Å². The first kappa shape index (κ1) is 21.1. The standard InChI is InChI=1S/C18H20ClNO6S/c1-4-5-6-26-15(21)10-20-17(22)14(27-18(20)23)9-11-7-12(19)16(25-3)13(8-11)24-2/h7-9H,4-6,10H2,1-3H3/b14-9-. The third-order valence-corrected chi connectivity index (χ3v) is 4.86. The van der Waals surface area contributed by atoms with Gasteiger partial charge in [-0.25, -0.2) is 0 Å². The zero-order chi connectivity index (χ0) is 20.0. The number of imide groups is 1. The van der Waals surface area contributed by atoms with Crippen LogP contribution in [0, 0.1) is 0 Å². The van der Waals surface area contributed by atoms with E-state index in [1.165, 1.54) is 20.3 Å². The summed E-state index contributed by atoms with van der Waals surface area (Å²) in [5.41, 5.74) is 0.564. The van der Waals surface area contributed by atoms with E-state index in [9.17, 15) is 14.4 Å². The van der Waals surface area contributed by atoms with Gasteiger partial charge in [0.05, 0.1) is 30.8 Å². The summed E-state index contributed by atoms with van der Waals surface area (Å²) in [7, 11) is 2.93. The second-order valence-electron chi connectivity index (χ2n) is 5.58. The first-order valence-electron chi connectivity index (χ1n) is 8.23. The zero-order valence-corrected chi connectivity index (χ0v) is 16.8. The van der Waals surface area contributed by atoms with Gasteiger partial charge in [-0.2, -0.15) is 0 Å². The molecule has 0 bridgehead atoms. The Morgan fingerprint density at radius 3 is 2.63 bits per heavy atom. The van der Waals surface area contributed by atoms with Crippen molar-refractivity contribution in [3.63, 3.8) is 0 Å². The summed E-state index contributed by atoms with van der Waals surface area (Å²) in [6, 6.07) is 3.23. The number of carbonyl (C=O) groups excluding carboxylic acids is 3. The van der Waals surface area contributed by atoms with Crippen LogP contribution in [0.3, 0.4) is 0 Å². The van der Waals surface area contributed by atoms with Crippen LogP contribution >= 0.6 is 23.4 Å². The average Bonchev–Trinajstić information content (AvgIpc) is 2.88. The Morgan fingerprint density at radius 2 is 2.00 bits per heavy atom. The summed E-state index contributed by atoms with van der Waals surface area (Å²) in [5.74, 6) is -0.390. The molecule has 0 unspecified atom stereocenters. The quantitative estimate of drug-likeness (QED) is 0.364. The van der Waals surface area contributed by atoms with E-state index in [2.05, 4.69) is 0 Å². The van der Waals surface area contributed by atoms with Gasteiger partial charge in [-0.15, -0.1) is 0 Å². The van der Waals surface area contributed by atoms with Crippen LogP contribution in [0.1, 0.15) is 25.3 Å². The van der Waals surface area contributed by atoms with Crippen molar-refractivity contribution < 1.29 is 28.6 Å². The van der Waals surface area contributed by atoms with Gasteiger partial charge in [-0.05, 0) is 42.0 Å². The number of hydrogen-bond donors (Lipinski definition) is 0. The molecule has 1 aliphatic rings. The van der Waals surface area contributed by atoms with Crippen LogP contribution in [0.5, 0.6) is 11.5 Å². The lowest BCUT2D eigenvalue weighted by atomic mass is 10.2. The topological polar surface area (TPSA) is 82.1 Å². The highest BCUT2D eigenvalue weighted by atomic mass is 35.5. The Morgan fingerprint density at radius 1 is 1.26 bits per heavy atom. The number of unbranched alkanes of at least 4 members (excludes halogenated alkanes) is 1. The zero-order valence-electron chi connectivity index (χ0n) is 15.2. The third kappa shape index (κ3) is 5.17. The van der Waals surface area contributed by atoms with Gasteiger partial charge in [0.15, 0.2) is 11.5 Å². The molecule has 0 radical (unpaired) electrons. The molecule has 9 heteroatoms. The van der Waals surface area contributed by atoms with Crippen LogP contribution in [-0.4, -0.2) is 49.4 Å². The highest BCUT2D eigenvalue weighted by Crippen LogP contribution is 2.38. The minimum atomic E-state index is -0.610. The normalized spacial score (nSPS) is 15.4. The highest BCUT2D eigenvalue weighted by Gasteiger charge is 2.36. The van der Waals surface area contributed by atoms with Crippen LogP contribution < -0.4 is 9.47 Å². The Hall–Kier alpha value is -2.19. The number of methoxy groups -OCH3 is 2. The lowest BCUT2D eigenvalue weighted by molar-refractivity contribution is -0.146. The van der Waals surface area contributed by atoms with Gasteiger partial charge in [-0.1, -0.05) is 24.9 Å². The lowest BCUT2D eigenvalue weighted by Crippen LogP contribution is -2.34. The minimum absolute atomic E-state index is 0.185. The van der Waals surface area contributed by atoms with Crippen molar-refractivity contribution in [2.75, 3.05) is 27.4 Å². The fraction of sp³-hybridized carbons (Fsp3) is 0.389. The molecule has 0 aliphatic carbocycles. The number of rotatable bonds is 8. The van der Waals surface area contributed by atoms with Gasteiger partial charge >= 0.3 is 5.97 Å². The number of hydrogen-bond acceptors (Lipinski definition) is 7. The molecule has 0 N–H and O–H groups in total. The summed E-state index contributed by atoms with van der Waals surface area (Å²) in [6.45, 7) is 1.83. The maximum atomic E-state index is 12.5. The van der Waals surface area contributed by atoms with Gasteiger partial charge in [-0.3, -0.25) is 19.3 Å². The van der Waals surface area contributed by atoms with Crippen molar-refractivity contribution in [2.45, 2.75) is 19.8 Å². The Balaban J connectivity index is 2.16. The first-order valence-corrected chi connectivity index (χ1v) is 9.43. The summed E-state index contributed by atoms with van der Waals surface area (Å²) in [5, 5.41) is -0.216. The van der Waals surface area contributed by atoms with Gasteiger partial charge in [0.2, 0.25) is 0 Å². The van der Waals surface area contributed by atoms with Crippen LogP contribution in [0.25, 0.3) is 6.08 Å². The Bertz CT molecular complexity index is 779. The molecule has 0 spiro atoms. The fourth-order valence-electron chi connectivity index (χ4n) is 2.31. The summed E-state index contributed by atoms with van der Waals surface area (Å²) in [4.78, 5) is 37.4. The second-order valence-corrected chi connectivity index (χ2v) is 6.98. The van der Waals surface area contributed by atoms with E-state index >= 15 is 0 Å². The number of amides is 2. The van der Waals surface area contributed by atoms with Crippen molar-refractivity contribution in [2.24, 2.45) is 0 Å². The molecule has 1 heterocycles.